The number of aliphatic hydroxyl groups is 1. The number of hydrogen-bond acceptors (Lipinski definition) is 5. The average molecular weight is 349 g/mol. The van der Waals surface area contributed by atoms with Crippen molar-refractivity contribution in [2.75, 3.05) is 6.54 Å². The lowest BCUT2D eigenvalue weighted by atomic mass is 9.95. The second kappa shape index (κ2) is 6.29. The first-order valence-corrected chi connectivity index (χ1v) is 9.22. The molecule has 0 aliphatic carbocycles. The van der Waals surface area contributed by atoms with Gasteiger partial charge in [0.15, 0.2) is 0 Å². The van der Waals surface area contributed by atoms with Crippen molar-refractivity contribution in [1.82, 2.24) is 4.72 Å². The molecule has 0 unspecified atom stereocenters. The third-order valence-electron chi connectivity index (χ3n) is 3.50. The molecule has 2 heterocycles. The zero-order valence-corrected chi connectivity index (χ0v) is 13.7. The maximum absolute atomic E-state index is 12.4. The van der Waals surface area contributed by atoms with Crippen LogP contribution in [-0.2, 0) is 15.6 Å². The first kappa shape index (κ1) is 15.9. The summed E-state index contributed by atoms with van der Waals surface area (Å²) >= 11 is 1.35. The SMILES string of the molecule is O=S(=O)(NC[C@@](O)(c1ccoc1)c1cccs1)c1ccccc1. The molecule has 0 aliphatic rings. The molecule has 0 bridgehead atoms. The van der Waals surface area contributed by atoms with E-state index in [9.17, 15) is 13.5 Å². The minimum Gasteiger partial charge on any atom is -0.472 e. The highest BCUT2D eigenvalue weighted by Crippen LogP contribution is 2.33. The van der Waals surface area contributed by atoms with E-state index in [1.807, 2.05) is 5.38 Å². The quantitative estimate of drug-likeness (QED) is 0.717. The maximum Gasteiger partial charge on any atom is 0.240 e. The Kier molecular flexibility index (Phi) is 4.36. The van der Waals surface area contributed by atoms with Crippen LogP contribution >= 0.6 is 11.3 Å². The van der Waals surface area contributed by atoms with Crippen molar-refractivity contribution >= 4 is 21.4 Å². The third kappa shape index (κ3) is 3.23. The predicted octanol–water partition coefficient (Wildman–Crippen LogP) is 2.56. The van der Waals surface area contributed by atoms with Crippen LogP contribution in [0.5, 0.6) is 0 Å². The molecule has 5 nitrogen and oxygen atoms in total. The zero-order chi connectivity index (χ0) is 16.3. The van der Waals surface area contributed by atoms with Gasteiger partial charge in [0.05, 0.1) is 17.4 Å². The highest BCUT2D eigenvalue weighted by molar-refractivity contribution is 7.89. The molecule has 1 aromatic carbocycles. The predicted molar refractivity (Wildman–Crippen MR) is 87.7 cm³/mol. The summed E-state index contributed by atoms with van der Waals surface area (Å²) < 4.78 is 32.3. The van der Waals surface area contributed by atoms with Gasteiger partial charge in [0.2, 0.25) is 10.0 Å². The summed E-state index contributed by atoms with van der Waals surface area (Å²) in [6.07, 6.45) is 2.86. The number of furan rings is 1. The number of thiophene rings is 1. The number of rotatable bonds is 6. The lowest BCUT2D eigenvalue weighted by molar-refractivity contribution is 0.0892. The Bertz CT molecular complexity index is 807. The zero-order valence-electron chi connectivity index (χ0n) is 12.0. The van der Waals surface area contributed by atoms with E-state index in [1.54, 1.807) is 36.4 Å². The largest absolute Gasteiger partial charge is 0.472 e. The van der Waals surface area contributed by atoms with Gasteiger partial charge in [0, 0.05) is 17.0 Å². The van der Waals surface area contributed by atoms with Crippen molar-refractivity contribution < 1.29 is 17.9 Å². The van der Waals surface area contributed by atoms with Crippen LogP contribution in [-0.4, -0.2) is 20.1 Å². The van der Waals surface area contributed by atoms with Gasteiger partial charge >= 0.3 is 0 Å². The Hall–Kier alpha value is -1.93. The second-order valence-corrected chi connectivity index (χ2v) is 7.70. The van der Waals surface area contributed by atoms with Crippen LogP contribution < -0.4 is 4.72 Å². The van der Waals surface area contributed by atoms with Crippen molar-refractivity contribution in [3.63, 3.8) is 0 Å². The van der Waals surface area contributed by atoms with Gasteiger partial charge in [-0.25, -0.2) is 13.1 Å². The van der Waals surface area contributed by atoms with Crippen molar-refractivity contribution in [1.29, 1.82) is 0 Å². The third-order valence-corrected chi connectivity index (χ3v) is 5.94. The Labute approximate surface area is 138 Å². The molecule has 0 spiro atoms. The first-order valence-electron chi connectivity index (χ1n) is 6.86. The van der Waals surface area contributed by atoms with E-state index in [-0.39, 0.29) is 11.4 Å². The summed E-state index contributed by atoms with van der Waals surface area (Å²) in [5.41, 5.74) is -0.987. The van der Waals surface area contributed by atoms with Crippen LogP contribution in [0, 0.1) is 0 Å². The van der Waals surface area contributed by atoms with E-state index < -0.39 is 15.6 Å². The second-order valence-electron chi connectivity index (χ2n) is 4.99. The summed E-state index contributed by atoms with van der Waals surface area (Å²) in [4.78, 5) is 0.787. The maximum atomic E-state index is 12.4. The molecule has 23 heavy (non-hydrogen) atoms. The fourth-order valence-electron chi connectivity index (χ4n) is 2.23. The summed E-state index contributed by atoms with van der Waals surface area (Å²) in [6, 6.07) is 13.2. The topological polar surface area (TPSA) is 79.5 Å². The molecule has 0 saturated carbocycles. The van der Waals surface area contributed by atoms with E-state index in [4.69, 9.17) is 4.42 Å². The number of nitrogens with one attached hydrogen (secondary N) is 1. The normalized spacial score (nSPS) is 14.5. The minimum atomic E-state index is -3.71. The Morgan fingerprint density at radius 3 is 2.52 bits per heavy atom. The summed E-state index contributed by atoms with van der Waals surface area (Å²) in [5.74, 6) is 0. The molecular formula is C16H15NO4S2. The van der Waals surface area contributed by atoms with Crippen LogP contribution in [0.2, 0.25) is 0 Å². The molecule has 0 radical (unpaired) electrons. The molecule has 2 N–H and O–H groups in total. The lowest BCUT2D eigenvalue weighted by Crippen LogP contribution is -2.40. The number of sulfonamides is 1. The standard InChI is InChI=1S/C16H15NO4S2/c18-16(13-8-9-21-11-13,15-7-4-10-22-15)12-17-23(19,20)14-5-2-1-3-6-14/h1-11,17-18H,12H2/t16-/m1/s1. The lowest BCUT2D eigenvalue weighted by Gasteiger charge is -2.26. The van der Waals surface area contributed by atoms with E-state index in [0.29, 0.717) is 10.4 Å². The Morgan fingerprint density at radius 1 is 1.13 bits per heavy atom. The van der Waals surface area contributed by atoms with E-state index in [2.05, 4.69) is 4.72 Å². The highest BCUT2D eigenvalue weighted by Gasteiger charge is 2.35. The Balaban J connectivity index is 1.89. The van der Waals surface area contributed by atoms with E-state index in [1.165, 1.54) is 36.0 Å². The Morgan fingerprint density at radius 2 is 1.91 bits per heavy atom. The number of hydrogen-bond donors (Lipinski definition) is 2. The molecule has 0 aliphatic heterocycles. The van der Waals surface area contributed by atoms with Gasteiger partial charge in [-0.15, -0.1) is 11.3 Å². The molecule has 3 rings (SSSR count). The highest BCUT2D eigenvalue weighted by atomic mass is 32.2. The summed E-state index contributed by atoms with van der Waals surface area (Å²) in [7, 11) is -3.71. The molecule has 0 saturated heterocycles. The van der Waals surface area contributed by atoms with Crippen LogP contribution in [0.3, 0.4) is 0 Å². The molecule has 0 fully saturated rings. The molecule has 1 atom stereocenters. The van der Waals surface area contributed by atoms with Crippen LogP contribution in [0.15, 0.2) is 75.7 Å². The van der Waals surface area contributed by atoms with Gasteiger partial charge in [0.1, 0.15) is 5.60 Å². The molecule has 7 heteroatoms. The molecule has 120 valence electrons. The fourth-order valence-corrected chi connectivity index (χ4v) is 4.15. The molecule has 2 aromatic heterocycles. The molecular weight excluding hydrogens is 334 g/mol. The fraction of sp³-hybridized carbons (Fsp3) is 0.125. The van der Waals surface area contributed by atoms with E-state index >= 15 is 0 Å². The monoisotopic (exact) mass is 349 g/mol. The average Bonchev–Trinajstić information content (AvgIpc) is 3.27. The van der Waals surface area contributed by atoms with Gasteiger partial charge < -0.3 is 9.52 Å². The van der Waals surface area contributed by atoms with Crippen molar-refractivity contribution in [3.05, 3.63) is 76.9 Å². The summed E-state index contributed by atoms with van der Waals surface area (Å²) in [6.45, 7) is -0.190. The smallest absolute Gasteiger partial charge is 0.240 e. The van der Waals surface area contributed by atoms with Gasteiger partial charge in [-0.05, 0) is 29.6 Å². The van der Waals surface area contributed by atoms with Crippen molar-refractivity contribution in [3.8, 4) is 0 Å². The van der Waals surface area contributed by atoms with Gasteiger partial charge in [-0.3, -0.25) is 0 Å². The van der Waals surface area contributed by atoms with Crippen LogP contribution in [0.25, 0.3) is 0 Å². The first-order chi connectivity index (χ1) is 11.0. The summed E-state index contributed by atoms with van der Waals surface area (Å²) in [5, 5.41) is 12.9. The van der Waals surface area contributed by atoms with Gasteiger partial charge in [-0.1, -0.05) is 24.3 Å². The van der Waals surface area contributed by atoms with Crippen molar-refractivity contribution in [2.45, 2.75) is 10.5 Å². The minimum absolute atomic E-state index is 0.153. The van der Waals surface area contributed by atoms with Crippen LogP contribution in [0.1, 0.15) is 10.4 Å². The molecule has 0 amide bonds. The van der Waals surface area contributed by atoms with Crippen LogP contribution in [0.4, 0.5) is 0 Å². The van der Waals surface area contributed by atoms with Gasteiger partial charge in [0.25, 0.3) is 0 Å². The number of benzene rings is 1. The van der Waals surface area contributed by atoms with E-state index in [0.717, 1.165) is 0 Å². The molecule has 3 aromatic rings. The van der Waals surface area contributed by atoms with Crippen molar-refractivity contribution in [2.24, 2.45) is 0 Å². The van der Waals surface area contributed by atoms with Gasteiger partial charge in [-0.2, -0.15) is 0 Å².